The number of aromatic nitrogens is 1. The van der Waals surface area contributed by atoms with Crippen LogP contribution < -0.4 is 10.9 Å². The molecule has 0 saturated carbocycles. The lowest BCUT2D eigenvalue weighted by Gasteiger charge is -2.16. The van der Waals surface area contributed by atoms with Crippen molar-refractivity contribution in [2.45, 2.75) is 12.2 Å². The fraction of sp³-hybridized carbons (Fsp3) is 0.250. The number of hydrogen-bond donors (Lipinski definition) is 3. The van der Waals surface area contributed by atoms with Gasteiger partial charge in [-0.1, -0.05) is 0 Å². The van der Waals surface area contributed by atoms with Crippen LogP contribution in [0.15, 0.2) is 64.6 Å². The summed E-state index contributed by atoms with van der Waals surface area (Å²) in [6, 6.07) is 12.3. The van der Waals surface area contributed by atoms with Gasteiger partial charge in [-0.05, 0) is 48.5 Å². The molecule has 0 bridgehead atoms. The Labute approximate surface area is 194 Å². The molecule has 2 heterocycles. The van der Waals surface area contributed by atoms with Crippen molar-refractivity contribution in [3.8, 4) is 0 Å². The van der Waals surface area contributed by atoms with Gasteiger partial charge in [-0.25, -0.2) is 9.92 Å². The number of anilines is 1. The Morgan fingerprint density at radius 1 is 1.15 bits per heavy atom. The van der Waals surface area contributed by atoms with Crippen LogP contribution in [0.25, 0.3) is 16.6 Å². The summed E-state index contributed by atoms with van der Waals surface area (Å²) in [5.41, 5.74) is 8.86. The van der Waals surface area contributed by atoms with E-state index in [1.54, 1.807) is 43.4 Å². The molecule has 4 rings (SSSR count). The zero-order chi connectivity index (χ0) is 24.2. The summed E-state index contributed by atoms with van der Waals surface area (Å²) in [4.78, 5) is 29.6. The van der Waals surface area contributed by atoms with Gasteiger partial charge in [0.05, 0.1) is 5.56 Å². The third-order valence-electron chi connectivity index (χ3n) is 5.82. The Morgan fingerprint density at radius 2 is 1.82 bits per heavy atom. The molecule has 1 aliphatic heterocycles. The second-order valence-corrected chi connectivity index (χ2v) is 7.87. The van der Waals surface area contributed by atoms with E-state index in [-0.39, 0.29) is 29.4 Å². The lowest BCUT2D eigenvalue weighted by atomic mass is 10.1. The SMILES string of the molecule is CO[C@H]1CN(C(=O)c2ccc(N/C=C(\N=N)c3cc4cc(F)ccc4[nH]c3=O)cc2)C[C@H]1OC. The molecule has 1 fully saturated rings. The first-order valence-electron chi connectivity index (χ1n) is 10.6. The maximum absolute atomic E-state index is 13.6. The number of nitrogens with zero attached hydrogens (tertiary/aromatic N) is 2. The molecule has 3 N–H and O–H groups in total. The summed E-state index contributed by atoms with van der Waals surface area (Å²) in [5, 5.41) is 6.91. The largest absolute Gasteiger partial charge is 0.377 e. The minimum Gasteiger partial charge on any atom is -0.377 e. The van der Waals surface area contributed by atoms with Gasteiger partial charge in [-0.3, -0.25) is 9.59 Å². The molecule has 0 radical (unpaired) electrons. The van der Waals surface area contributed by atoms with Crippen molar-refractivity contribution in [3.63, 3.8) is 0 Å². The lowest BCUT2D eigenvalue weighted by molar-refractivity contribution is -0.00461. The minimum atomic E-state index is -0.446. The second-order valence-electron chi connectivity index (χ2n) is 7.87. The number of amides is 1. The smallest absolute Gasteiger partial charge is 0.258 e. The average molecular weight is 465 g/mol. The highest BCUT2D eigenvalue weighted by Gasteiger charge is 2.35. The van der Waals surface area contributed by atoms with Crippen molar-refractivity contribution in [1.29, 1.82) is 5.53 Å². The van der Waals surface area contributed by atoms with Crippen LogP contribution in [0.2, 0.25) is 0 Å². The van der Waals surface area contributed by atoms with E-state index >= 15 is 0 Å². The predicted molar refractivity (Wildman–Crippen MR) is 125 cm³/mol. The molecule has 1 saturated heterocycles. The number of hydrogen-bond acceptors (Lipinski definition) is 7. The number of carbonyl (C=O) groups is 1. The molecule has 3 aromatic rings. The van der Waals surface area contributed by atoms with E-state index in [4.69, 9.17) is 15.0 Å². The van der Waals surface area contributed by atoms with Crippen LogP contribution in [0.5, 0.6) is 0 Å². The first kappa shape index (κ1) is 23.3. The van der Waals surface area contributed by atoms with Gasteiger partial charge >= 0.3 is 0 Å². The van der Waals surface area contributed by atoms with Crippen LogP contribution in [0.3, 0.4) is 0 Å². The normalized spacial score (nSPS) is 18.3. The maximum Gasteiger partial charge on any atom is 0.258 e. The van der Waals surface area contributed by atoms with Crippen molar-refractivity contribution in [2.75, 3.05) is 32.6 Å². The van der Waals surface area contributed by atoms with Gasteiger partial charge in [0.15, 0.2) is 0 Å². The van der Waals surface area contributed by atoms with E-state index in [0.717, 1.165) is 0 Å². The number of likely N-dealkylation sites (tertiary alicyclic amines) is 1. The molecular formula is C24H24FN5O4. The van der Waals surface area contributed by atoms with Crippen LogP contribution in [0.1, 0.15) is 15.9 Å². The number of halogens is 1. The van der Waals surface area contributed by atoms with Crippen LogP contribution in [-0.2, 0) is 9.47 Å². The number of ether oxygens (including phenoxy) is 2. The molecule has 9 nitrogen and oxygen atoms in total. The number of aromatic amines is 1. The molecule has 0 spiro atoms. The van der Waals surface area contributed by atoms with E-state index < -0.39 is 11.4 Å². The van der Waals surface area contributed by atoms with Crippen LogP contribution in [0.4, 0.5) is 10.1 Å². The van der Waals surface area contributed by atoms with Gasteiger partial charge in [0.2, 0.25) is 0 Å². The molecule has 176 valence electrons. The van der Waals surface area contributed by atoms with Gasteiger partial charge in [0, 0.05) is 55.7 Å². The van der Waals surface area contributed by atoms with Crippen molar-refractivity contribution < 1.29 is 18.7 Å². The maximum atomic E-state index is 13.6. The van der Waals surface area contributed by atoms with E-state index in [0.29, 0.717) is 35.2 Å². The monoisotopic (exact) mass is 465 g/mol. The molecule has 0 aliphatic carbocycles. The summed E-state index contributed by atoms with van der Waals surface area (Å²) < 4.78 is 24.3. The molecule has 10 heteroatoms. The van der Waals surface area contributed by atoms with Crippen LogP contribution in [-0.4, -0.2) is 55.3 Å². The van der Waals surface area contributed by atoms with E-state index in [1.165, 1.54) is 30.5 Å². The Kier molecular flexibility index (Phi) is 6.80. The Bertz CT molecular complexity index is 1290. The fourth-order valence-corrected chi connectivity index (χ4v) is 3.94. The van der Waals surface area contributed by atoms with Crippen LogP contribution in [0, 0.1) is 11.3 Å². The highest BCUT2D eigenvalue weighted by atomic mass is 19.1. The second kappa shape index (κ2) is 9.94. The summed E-state index contributed by atoms with van der Waals surface area (Å²) in [5.74, 6) is -0.559. The first-order chi connectivity index (χ1) is 16.4. The number of benzene rings is 2. The lowest BCUT2D eigenvalue weighted by Crippen LogP contribution is -2.30. The molecular weight excluding hydrogens is 441 g/mol. The molecule has 1 aliphatic rings. The van der Waals surface area contributed by atoms with E-state index in [9.17, 15) is 14.0 Å². The molecule has 2 atom stereocenters. The average Bonchev–Trinajstić information content (AvgIpc) is 3.28. The molecule has 2 aromatic carbocycles. The topological polar surface area (TPSA) is 120 Å². The number of H-pyrrole nitrogens is 1. The zero-order valence-electron chi connectivity index (χ0n) is 18.7. The van der Waals surface area contributed by atoms with Crippen molar-refractivity contribution in [2.24, 2.45) is 5.11 Å². The molecule has 34 heavy (non-hydrogen) atoms. The van der Waals surface area contributed by atoms with Crippen LogP contribution >= 0.6 is 0 Å². The Morgan fingerprint density at radius 3 is 2.44 bits per heavy atom. The summed E-state index contributed by atoms with van der Waals surface area (Å²) in [7, 11) is 3.19. The summed E-state index contributed by atoms with van der Waals surface area (Å²) in [6.07, 6.45) is 1.08. The highest BCUT2D eigenvalue weighted by molar-refractivity contribution is 5.95. The number of rotatable bonds is 7. The van der Waals surface area contributed by atoms with E-state index in [1.807, 2.05) is 0 Å². The number of fused-ring (bicyclic) bond motifs is 1. The Hall–Kier alpha value is -3.89. The van der Waals surface area contributed by atoms with Gasteiger partial charge < -0.3 is 24.7 Å². The van der Waals surface area contributed by atoms with Crippen molar-refractivity contribution in [3.05, 3.63) is 82.0 Å². The first-order valence-corrected chi connectivity index (χ1v) is 10.6. The van der Waals surface area contributed by atoms with Gasteiger partial charge in [-0.2, -0.15) is 5.11 Å². The Balaban J connectivity index is 1.50. The van der Waals surface area contributed by atoms with Gasteiger partial charge in [-0.15, -0.1) is 0 Å². The van der Waals surface area contributed by atoms with Crippen molar-refractivity contribution >= 4 is 28.2 Å². The molecule has 0 unspecified atom stereocenters. The summed E-state index contributed by atoms with van der Waals surface area (Å²) >= 11 is 0. The number of nitrogens with one attached hydrogen (secondary N) is 3. The third-order valence-corrected chi connectivity index (χ3v) is 5.82. The number of methoxy groups -OCH3 is 2. The third kappa shape index (κ3) is 4.73. The fourth-order valence-electron chi connectivity index (χ4n) is 3.94. The molecule has 1 amide bonds. The summed E-state index contributed by atoms with van der Waals surface area (Å²) in [6.45, 7) is 0.907. The van der Waals surface area contributed by atoms with Gasteiger partial charge in [0.25, 0.3) is 11.5 Å². The highest BCUT2D eigenvalue weighted by Crippen LogP contribution is 2.21. The number of pyridine rings is 1. The predicted octanol–water partition coefficient (Wildman–Crippen LogP) is 3.59. The minimum absolute atomic E-state index is 0.0702. The quantitative estimate of drug-likeness (QED) is 0.461. The number of carbonyl (C=O) groups excluding carboxylic acids is 1. The molecule has 1 aromatic heterocycles. The van der Waals surface area contributed by atoms with Gasteiger partial charge in [0.1, 0.15) is 23.7 Å². The standard InChI is InChI=1S/C24H24FN5O4/c1-33-21-12-30(13-22(21)34-2)24(32)14-3-6-17(7-4-14)27-11-20(29-26)18-10-15-9-16(25)5-8-19(15)28-23(18)31/h3-11,21-22,26-27H,12-13H2,1-2H3,(H,28,31)/b20-11-,29-26?/t21-,22+. The zero-order valence-corrected chi connectivity index (χ0v) is 18.7. The van der Waals surface area contributed by atoms with Crippen molar-refractivity contribution in [1.82, 2.24) is 9.88 Å². The van der Waals surface area contributed by atoms with E-state index in [2.05, 4.69) is 15.4 Å².